The van der Waals surface area contributed by atoms with Crippen molar-refractivity contribution in [3.8, 4) is 0 Å². The van der Waals surface area contributed by atoms with Crippen molar-refractivity contribution >= 4 is 0 Å². The molecular formula is C12H24N4O3. The summed E-state index contributed by atoms with van der Waals surface area (Å²) in [5.41, 5.74) is 0.918. The first kappa shape index (κ1) is 16.0. The maximum Gasteiger partial charge on any atom is 0.0796 e. The fourth-order valence-corrected chi connectivity index (χ4v) is 1.38. The molecule has 19 heavy (non-hydrogen) atoms. The first-order valence-corrected chi connectivity index (χ1v) is 6.57. The van der Waals surface area contributed by atoms with Crippen LogP contribution in [0.5, 0.6) is 0 Å². The quantitative estimate of drug-likeness (QED) is 0.534. The Kier molecular flexibility index (Phi) is 9.17. The monoisotopic (exact) mass is 272 g/mol. The van der Waals surface area contributed by atoms with Crippen LogP contribution < -0.4 is 5.32 Å². The first-order chi connectivity index (χ1) is 9.33. The van der Waals surface area contributed by atoms with Crippen LogP contribution in [0.2, 0.25) is 0 Å². The third-order valence-electron chi connectivity index (χ3n) is 2.36. The molecule has 7 heteroatoms. The zero-order valence-electron chi connectivity index (χ0n) is 11.8. The van der Waals surface area contributed by atoms with Crippen LogP contribution in [0.15, 0.2) is 6.20 Å². The molecule has 0 spiro atoms. The van der Waals surface area contributed by atoms with E-state index in [4.69, 9.17) is 14.2 Å². The molecule has 1 heterocycles. The van der Waals surface area contributed by atoms with Crippen LogP contribution in [0, 0.1) is 6.92 Å². The summed E-state index contributed by atoms with van der Waals surface area (Å²) in [5, 5.41) is 10.8. The summed E-state index contributed by atoms with van der Waals surface area (Å²) in [6.45, 7) is 7.24. The highest BCUT2D eigenvalue weighted by Crippen LogP contribution is 1.89. The zero-order chi connectivity index (χ0) is 13.8. The van der Waals surface area contributed by atoms with Crippen molar-refractivity contribution in [2.45, 2.75) is 13.5 Å². The predicted molar refractivity (Wildman–Crippen MR) is 71.1 cm³/mol. The summed E-state index contributed by atoms with van der Waals surface area (Å²) in [6.07, 6.45) is 1.89. The van der Waals surface area contributed by atoms with Crippen molar-refractivity contribution in [1.29, 1.82) is 0 Å². The van der Waals surface area contributed by atoms with Gasteiger partial charge < -0.3 is 19.5 Å². The molecule has 0 radical (unpaired) electrons. The van der Waals surface area contributed by atoms with Gasteiger partial charge in [0.15, 0.2) is 0 Å². The van der Waals surface area contributed by atoms with E-state index in [-0.39, 0.29) is 0 Å². The minimum Gasteiger partial charge on any atom is -0.378 e. The zero-order valence-corrected chi connectivity index (χ0v) is 11.8. The molecule has 0 saturated carbocycles. The Balaban J connectivity index is 1.79. The molecule has 0 fully saturated rings. The van der Waals surface area contributed by atoms with E-state index < -0.39 is 0 Å². The van der Waals surface area contributed by atoms with Crippen molar-refractivity contribution in [3.05, 3.63) is 11.9 Å². The SMILES string of the molecule is CNCCOCCOCCOCCn1cc(C)nn1. The van der Waals surface area contributed by atoms with E-state index in [1.54, 1.807) is 4.68 Å². The van der Waals surface area contributed by atoms with E-state index in [0.717, 1.165) is 12.2 Å². The number of nitrogens with one attached hydrogen (secondary N) is 1. The molecule has 1 aromatic heterocycles. The second-order valence-electron chi connectivity index (χ2n) is 4.06. The summed E-state index contributed by atoms with van der Waals surface area (Å²) < 4.78 is 17.9. The van der Waals surface area contributed by atoms with E-state index in [1.807, 2.05) is 20.2 Å². The van der Waals surface area contributed by atoms with Crippen LogP contribution in [0.3, 0.4) is 0 Å². The van der Waals surface area contributed by atoms with Gasteiger partial charge in [0, 0.05) is 12.7 Å². The van der Waals surface area contributed by atoms with Gasteiger partial charge in [0.05, 0.1) is 51.9 Å². The molecule has 1 aromatic rings. The van der Waals surface area contributed by atoms with Gasteiger partial charge in [0.25, 0.3) is 0 Å². The molecule has 0 saturated heterocycles. The van der Waals surface area contributed by atoms with Gasteiger partial charge in [-0.15, -0.1) is 5.10 Å². The van der Waals surface area contributed by atoms with Crippen molar-refractivity contribution < 1.29 is 14.2 Å². The normalized spacial score (nSPS) is 11.1. The van der Waals surface area contributed by atoms with Crippen LogP contribution >= 0.6 is 0 Å². The number of rotatable bonds is 12. The molecule has 0 atom stereocenters. The minimum atomic E-state index is 0.587. The maximum atomic E-state index is 5.43. The number of hydrogen-bond acceptors (Lipinski definition) is 6. The molecule has 0 aliphatic carbocycles. The third kappa shape index (κ3) is 8.66. The van der Waals surface area contributed by atoms with Crippen LogP contribution in [0.4, 0.5) is 0 Å². The Morgan fingerprint density at radius 1 is 1.05 bits per heavy atom. The van der Waals surface area contributed by atoms with Gasteiger partial charge in [0.1, 0.15) is 0 Å². The van der Waals surface area contributed by atoms with Crippen molar-refractivity contribution in [1.82, 2.24) is 20.3 Å². The fourth-order valence-electron chi connectivity index (χ4n) is 1.38. The summed E-state index contributed by atoms with van der Waals surface area (Å²) in [7, 11) is 1.90. The number of nitrogens with zero attached hydrogens (tertiary/aromatic N) is 3. The van der Waals surface area contributed by atoms with Gasteiger partial charge in [-0.1, -0.05) is 5.21 Å². The lowest BCUT2D eigenvalue weighted by atomic mass is 10.5. The lowest BCUT2D eigenvalue weighted by molar-refractivity contribution is 0.0134. The Morgan fingerprint density at radius 2 is 1.68 bits per heavy atom. The Hall–Kier alpha value is -1.02. The second-order valence-corrected chi connectivity index (χ2v) is 4.06. The van der Waals surface area contributed by atoms with Crippen molar-refractivity contribution in [3.63, 3.8) is 0 Å². The van der Waals surface area contributed by atoms with E-state index in [0.29, 0.717) is 46.2 Å². The smallest absolute Gasteiger partial charge is 0.0796 e. The van der Waals surface area contributed by atoms with Crippen LogP contribution in [-0.2, 0) is 20.8 Å². The number of hydrogen-bond donors (Lipinski definition) is 1. The van der Waals surface area contributed by atoms with Crippen molar-refractivity contribution in [2.24, 2.45) is 0 Å². The van der Waals surface area contributed by atoms with Crippen LogP contribution in [0.1, 0.15) is 5.69 Å². The maximum absolute atomic E-state index is 5.43. The Bertz CT molecular complexity index is 320. The molecule has 0 aromatic carbocycles. The Labute approximate surface area is 114 Å². The van der Waals surface area contributed by atoms with E-state index in [1.165, 1.54) is 0 Å². The lowest BCUT2D eigenvalue weighted by Gasteiger charge is -2.06. The summed E-state index contributed by atoms with van der Waals surface area (Å²) in [6, 6.07) is 0. The predicted octanol–water partition coefficient (Wildman–Crippen LogP) is -0.144. The average Bonchev–Trinajstić information content (AvgIpc) is 2.82. The molecule has 110 valence electrons. The molecule has 0 amide bonds. The number of ether oxygens (including phenoxy) is 3. The van der Waals surface area contributed by atoms with Gasteiger partial charge in [-0.3, -0.25) is 0 Å². The number of aryl methyl sites for hydroxylation is 1. The topological polar surface area (TPSA) is 70.4 Å². The number of aromatic nitrogens is 3. The highest BCUT2D eigenvalue weighted by Gasteiger charge is 1.95. The van der Waals surface area contributed by atoms with E-state index in [9.17, 15) is 0 Å². The molecule has 1 N–H and O–H groups in total. The molecule has 0 aliphatic heterocycles. The van der Waals surface area contributed by atoms with Gasteiger partial charge in [0.2, 0.25) is 0 Å². The van der Waals surface area contributed by atoms with E-state index >= 15 is 0 Å². The summed E-state index contributed by atoms with van der Waals surface area (Å²) in [5.74, 6) is 0. The Morgan fingerprint density at radius 3 is 2.26 bits per heavy atom. The molecule has 1 rings (SSSR count). The average molecular weight is 272 g/mol. The van der Waals surface area contributed by atoms with Gasteiger partial charge in [-0.05, 0) is 14.0 Å². The van der Waals surface area contributed by atoms with Crippen LogP contribution in [0.25, 0.3) is 0 Å². The van der Waals surface area contributed by atoms with Gasteiger partial charge in [-0.25, -0.2) is 4.68 Å². The highest BCUT2D eigenvalue weighted by atomic mass is 16.5. The largest absolute Gasteiger partial charge is 0.378 e. The lowest BCUT2D eigenvalue weighted by Crippen LogP contribution is -2.17. The second kappa shape index (κ2) is 10.9. The summed E-state index contributed by atoms with van der Waals surface area (Å²) in [4.78, 5) is 0. The van der Waals surface area contributed by atoms with E-state index in [2.05, 4.69) is 15.6 Å². The third-order valence-corrected chi connectivity index (χ3v) is 2.36. The van der Waals surface area contributed by atoms with Crippen LogP contribution in [-0.4, -0.2) is 68.2 Å². The van der Waals surface area contributed by atoms with Gasteiger partial charge >= 0.3 is 0 Å². The minimum absolute atomic E-state index is 0.587. The highest BCUT2D eigenvalue weighted by molar-refractivity contribution is 4.86. The number of likely N-dealkylation sites (N-methyl/N-ethyl adjacent to an activating group) is 1. The van der Waals surface area contributed by atoms with Gasteiger partial charge in [-0.2, -0.15) is 0 Å². The summed E-state index contributed by atoms with van der Waals surface area (Å²) >= 11 is 0. The standard InChI is InChI=1S/C12H24N4O3/c1-12-11-16(15-14-12)4-6-18-8-10-19-9-7-17-5-3-13-2/h11,13H,3-10H2,1-2H3. The molecule has 0 unspecified atom stereocenters. The molecule has 0 aliphatic rings. The van der Waals surface area contributed by atoms with Crippen molar-refractivity contribution in [2.75, 3.05) is 53.2 Å². The molecule has 7 nitrogen and oxygen atoms in total. The molecular weight excluding hydrogens is 248 g/mol. The first-order valence-electron chi connectivity index (χ1n) is 6.57. The molecule has 0 bridgehead atoms. The fraction of sp³-hybridized carbons (Fsp3) is 0.833.